The molecule has 2 aromatic rings. The van der Waals surface area contributed by atoms with Crippen LogP contribution in [0.2, 0.25) is 4.18 Å². The van der Waals surface area contributed by atoms with Gasteiger partial charge in [-0.1, -0.05) is 0 Å². The van der Waals surface area contributed by atoms with Crippen LogP contribution < -0.4 is 4.90 Å². The van der Waals surface area contributed by atoms with E-state index in [9.17, 15) is 0 Å². The molecule has 2 aromatic carbocycles. The molecule has 23 heavy (non-hydrogen) atoms. The third kappa shape index (κ3) is 4.31. The summed E-state index contributed by atoms with van der Waals surface area (Å²) in [5, 5.41) is 0. The SMILES string of the molecule is C[N]1CC[N](C)[In]1[CH2]CCN(c1ccccc1)c1ccccc1. The summed E-state index contributed by atoms with van der Waals surface area (Å²) in [6, 6.07) is 21.5. The van der Waals surface area contributed by atoms with E-state index >= 15 is 0 Å². The molecule has 0 bridgehead atoms. The molecule has 1 aliphatic heterocycles. The van der Waals surface area contributed by atoms with Gasteiger partial charge in [0.05, 0.1) is 0 Å². The number of benzene rings is 2. The van der Waals surface area contributed by atoms with Crippen molar-refractivity contribution in [3.8, 4) is 0 Å². The van der Waals surface area contributed by atoms with Crippen LogP contribution in [0.5, 0.6) is 0 Å². The Morgan fingerprint density at radius 1 is 0.826 bits per heavy atom. The Morgan fingerprint density at radius 3 is 1.78 bits per heavy atom. The maximum absolute atomic E-state index is 2.68. The zero-order valence-electron chi connectivity index (χ0n) is 14.2. The fourth-order valence-corrected chi connectivity index (χ4v) is 11.8. The van der Waals surface area contributed by atoms with Crippen LogP contribution in [-0.4, -0.2) is 61.5 Å². The third-order valence-corrected chi connectivity index (χ3v) is 14.7. The molecule has 0 amide bonds. The van der Waals surface area contributed by atoms with Crippen molar-refractivity contribution in [1.29, 1.82) is 0 Å². The molecule has 1 fully saturated rings. The summed E-state index contributed by atoms with van der Waals surface area (Å²) in [7, 11) is 4.66. The van der Waals surface area contributed by atoms with Gasteiger partial charge in [-0.25, -0.2) is 0 Å². The summed E-state index contributed by atoms with van der Waals surface area (Å²) >= 11 is -1.62. The van der Waals surface area contributed by atoms with E-state index in [0.717, 1.165) is 6.54 Å². The van der Waals surface area contributed by atoms with Crippen LogP contribution in [0.15, 0.2) is 60.7 Å². The van der Waals surface area contributed by atoms with E-state index in [1.54, 1.807) is 0 Å². The summed E-state index contributed by atoms with van der Waals surface area (Å²) in [6.07, 6.45) is 1.28. The van der Waals surface area contributed by atoms with Crippen LogP contribution in [0, 0.1) is 0 Å². The van der Waals surface area contributed by atoms with Crippen molar-refractivity contribution in [1.82, 2.24) is 5.78 Å². The van der Waals surface area contributed by atoms with E-state index in [1.807, 2.05) is 0 Å². The molecule has 0 aliphatic carbocycles. The van der Waals surface area contributed by atoms with Crippen molar-refractivity contribution in [3.05, 3.63) is 60.7 Å². The van der Waals surface area contributed by atoms with E-state index in [-0.39, 0.29) is 0 Å². The van der Waals surface area contributed by atoms with Crippen LogP contribution >= 0.6 is 0 Å². The average molecular weight is 411 g/mol. The van der Waals surface area contributed by atoms with Gasteiger partial charge in [0.2, 0.25) is 0 Å². The molecule has 1 saturated heterocycles. The zero-order chi connectivity index (χ0) is 16.1. The van der Waals surface area contributed by atoms with Crippen molar-refractivity contribution >= 4 is 33.4 Å². The first-order valence-corrected chi connectivity index (χ1v) is 13.8. The first kappa shape index (κ1) is 16.9. The fraction of sp³-hybridized carbons (Fsp3) is 0.368. The van der Waals surface area contributed by atoms with E-state index in [0.29, 0.717) is 0 Å². The van der Waals surface area contributed by atoms with Gasteiger partial charge in [0.15, 0.2) is 0 Å². The summed E-state index contributed by atoms with van der Waals surface area (Å²) in [5.74, 6) is 0. The van der Waals surface area contributed by atoms with Gasteiger partial charge in [0.1, 0.15) is 0 Å². The first-order chi connectivity index (χ1) is 11.3. The zero-order valence-corrected chi connectivity index (χ0v) is 17.5. The van der Waals surface area contributed by atoms with Crippen LogP contribution in [0.1, 0.15) is 6.42 Å². The third-order valence-electron chi connectivity index (χ3n) is 4.80. The second-order valence-corrected chi connectivity index (χ2v) is 15.8. The van der Waals surface area contributed by atoms with Crippen molar-refractivity contribution in [2.75, 3.05) is 38.6 Å². The first-order valence-electron chi connectivity index (χ1n) is 8.54. The van der Waals surface area contributed by atoms with Gasteiger partial charge < -0.3 is 0 Å². The molecule has 0 unspecified atom stereocenters. The molecule has 3 rings (SSSR count). The Hall–Kier alpha value is -0.970. The molecule has 3 nitrogen and oxygen atoms in total. The van der Waals surface area contributed by atoms with Gasteiger partial charge in [-0.05, 0) is 0 Å². The van der Waals surface area contributed by atoms with Crippen LogP contribution in [0.3, 0.4) is 0 Å². The summed E-state index contributed by atoms with van der Waals surface area (Å²) in [5.41, 5.74) is 2.59. The number of hydrogen-bond donors (Lipinski definition) is 0. The second kappa shape index (κ2) is 8.22. The van der Waals surface area contributed by atoms with Crippen LogP contribution in [-0.2, 0) is 0 Å². The molecular weight excluding hydrogens is 385 g/mol. The monoisotopic (exact) mass is 411 g/mol. The predicted octanol–water partition coefficient (Wildman–Crippen LogP) is 3.58. The number of likely N-dealkylation sites (N-methyl/N-ethyl adjacent to an activating group) is 2. The number of rotatable bonds is 6. The van der Waals surface area contributed by atoms with Crippen LogP contribution in [0.25, 0.3) is 0 Å². The number of hydrogen-bond acceptors (Lipinski definition) is 3. The molecule has 0 saturated carbocycles. The molecule has 0 aromatic heterocycles. The van der Waals surface area contributed by atoms with Crippen molar-refractivity contribution < 1.29 is 0 Å². The predicted molar refractivity (Wildman–Crippen MR) is 100 cm³/mol. The minimum atomic E-state index is -1.62. The van der Waals surface area contributed by atoms with Crippen molar-refractivity contribution in [2.45, 2.75) is 10.6 Å². The summed E-state index contributed by atoms with van der Waals surface area (Å²) in [6.45, 7) is 3.65. The Morgan fingerprint density at radius 2 is 1.30 bits per heavy atom. The standard InChI is InChI=1S/C15H16N.C4H10N2.In/c1-2-13-16(14-9-5-3-6-10-14)15-11-7-4-8-12-15;1-5-3-4-6-2;/h3-12H,1-2,13H2;3-4H2,1-2H3;/q;-2;+2. The molecule has 1 aliphatic rings. The normalized spacial score (nSPS) is 16.0. The van der Waals surface area contributed by atoms with Gasteiger partial charge in [0, 0.05) is 0 Å². The van der Waals surface area contributed by atoms with Gasteiger partial charge in [0.25, 0.3) is 0 Å². The van der Waals surface area contributed by atoms with E-state index in [1.165, 1.54) is 35.1 Å². The molecule has 0 spiro atoms. The average Bonchev–Trinajstić information content (AvgIpc) is 2.92. The summed E-state index contributed by atoms with van der Waals surface area (Å²) in [4.78, 5) is 2.46. The number of para-hydroxylation sites is 2. The molecule has 120 valence electrons. The molecule has 4 heteroatoms. The van der Waals surface area contributed by atoms with Gasteiger partial charge in [-0.2, -0.15) is 0 Å². The molecule has 1 heterocycles. The van der Waals surface area contributed by atoms with Gasteiger partial charge in [-0.15, -0.1) is 0 Å². The molecule has 0 N–H and O–H groups in total. The van der Waals surface area contributed by atoms with Crippen molar-refractivity contribution in [2.24, 2.45) is 0 Å². The second-order valence-electron chi connectivity index (χ2n) is 6.41. The topological polar surface area (TPSA) is 9.72 Å². The Balaban J connectivity index is 1.67. The van der Waals surface area contributed by atoms with Crippen LogP contribution in [0.4, 0.5) is 11.4 Å². The Labute approximate surface area is 148 Å². The Bertz CT molecular complexity index is 541. The summed E-state index contributed by atoms with van der Waals surface area (Å²) < 4.78 is 6.78. The van der Waals surface area contributed by atoms with Crippen molar-refractivity contribution in [3.63, 3.8) is 0 Å². The van der Waals surface area contributed by atoms with E-state index in [2.05, 4.69) is 85.4 Å². The van der Waals surface area contributed by atoms with E-state index in [4.69, 9.17) is 0 Å². The van der Waals surface area contributed by atoms with Gasteiger partial charge in [-0.3, -0.25) is 0 Å². The Kier molecular flexibility index (Phi) is 6.03. The fourth-order valence-electron chi connectivity index (χ4n) is 3.45. The van der Waals surface area contributed by atoms with E-state index < -0.39 is 22.0 Å². The number of anilines is 2. The quantitative estimate of drug-likeness (QED) is 0.720. The molecule has 0 radical (unpaired) electrons. The maximum atomic E-state index is 2.68. The van der Waals surface area contributed by atoms with Gasteiger partial charge >= 0.3 is 149 Å². The number of nitrogens with zero attached hydrogens (tertiary/aromatic N) is 3. The minimum absolute atomic E-state index is 1.10. The molecular formula is C19H26InN3. The molecule has 0 atom stereocenters.